The molecular formula is C15H13NO2S. The van der Waals surface area contributed by atoms with Crippen molar-refractivity contribution in [1.29, 1.82) is 0 Å². The Bertz CT molecular complexity index is 668. The number of phenolic OH excluding ortho intramolecular Hbond substituents is 1. The minimum atomic E-state index is 0.222. The van der Waals surface area contributed by atoms with E-state index in [2.05, 4.69) is 11.1 Å². The first kappa shape index (κ1) is 12.0. The van der Waals surface area contributed by atoms with Gasteiger partial charge in [-0.2, -0.15) is 0 Å². The molecule has 0 bridgehead atoms. The van der Waals surface area contributed by atoms with Gasteiger partial charge in [-0.3, -0.25) is 0 Å². The molecule has 0 amide bonds. The normalized spacial score (nSPS) is 10.8. The van der Waals surface area contributed by atoms with Gasteiger partial charge in [0.1, 0.15) is 23.1 Å². The van der Waals surface area contributed by atoms with Gasteiger partial charge in [0, 0.05) is 6.07 Å². The molecule has 96 valence electrons. The van der Waals surface area contributed by atoms with E-state index in [1.54, 1.807) is 23.5 Å². The predicted octanol–water partition coefficient (Wildman–Crippen LogP) is 3.89. The number of aromatic hydroxyl groups is 1. The summed E-state index contributed by atoms with van der Waals surface area (Å²) in [5, 5.41) is 10.4. The highest BCUT2D eigenvalue weighted by Crippen LogP contribution is 2.25. The average molecular weight is 271 g/mol. The summed E-state index contributed by atoms with van der Waals surface area (Å²) in [4.78, 5) is 4.50. The molecule has 0 saturated heterocycles. The first-order valence-electron chi connectivity index (χ1n) is 5.98. The molecule has 0 aliphatic rings. The van der Waals surface area contributed by atoms with E-state index in [4.69, 9.17) is 4.74 Å². The van der Waals surface area contributed by atoms with Crippen LogP contribution in [-0.2, 0) is 6.61 Å². The molecule has 0 spiro atoms. The van der Waals surface area contributed by atoms with Crippen LogP contribution in [-0.4, -0.2) is 10.1 Å². The second kappa shape index (κ2) is 4.90. The number of hydrogen-bond donors (Lipinski definition) is 1. The number of thiazole rings is 1. The van der Waals surface area contributed by atoms with E-state index >= 15 is 0 Å². The molecule has 3 aromatic rings. The van der Waals surface area contributed by atoms with Gasteiger partial charge in [-0.15, -0.1) is 11.3 Å². The predicted molar refractivity (Wildman–Crippen MR) is 76.8 cm³/mol. The van der Waals surface area contributed by atoms with Gasteiger partial charge < -0.3 is 9.84 Å². The minimum Gasteiger partial charge on any atom is -0.508 e. The third-order valence-corrected chi connectivity index (χ3v) is 3.75. The van der Waals surface area contributed by atoms with E-state index in [-0.39, 0.29) is 5.75 Å². The lowest BCUT2D eigenvalue weighted by atomic mass is 10.2. The van der Waals surface area contributed by atoms with E-state index in [0.29, 0.717) is 12.4 Å². The van der Waals surface area contributed by atoms with Crippen LogP contribution in [0, 0.1) is 6.92 Å². The second-order valence-corrected chi connectivity index (χ2v) is 5.48. The fourth-order valence-electron chi connectivity index (χ4n) is 1.94. The van der Waals surface area contributed by atoms with Crippen LogP contribution in [0.1, 0.15) is 10.6 Å². The number of hydrogen-bond acceptors (Lipinski definition) is 4. The number of aromatic nitrogens is 1. The maximum atomic E-state index is 9.51. The summed E-state index contributed by atoms with van der Waals surface area (Å²) in [6.07, 6.45) is 0. The molecule has 0 aliphatic carbocycles. The topological polar surface area (TPSA) is 42.4 Å². The molecule has 1 aromatic heterocycles. The van der Waals surface area contributed by atoms with E-state index in [9.17, 15) is 5.11 Å². The van der Waals surface area contributed by atoms with Gasteiger partial charge in [0.2, 0.25) is 0 Å². The quantitative estimate of drug-likeness (QED) is 0.785. The molecule has 4 heteroatoms. The van der Waals surface area contributed by atoms with Crippen molar-refractivity contribution in [2.45, 2.75) is 13.5 Å². The van der Waals surface area contributed by atoms with Crippen LogP contribution in [0.4, 0.5) is 0 Å². The molecule has 0 unspecified atom stereocenters. The first-order valence-corrected chi connectivity index (χ1v) is 6.80. The zero-order chi connectivity index (χ0) is 13.2. The number of ether oxygens (including phenoxy) is 1. The third kappa shape index (κ3) is 2.69. The maximum Gasteiger partial charge on any atom is 0.140 e. The number of rotatable bonds is 3. The summed E-state index contributed by atoms with van der Waals surface area (Å²) < 4.78 is 6.83. The monoisotopic (exact) mass is 271 g/mol. The minimum absolute atomic E-state index is 0.222. The number of aryl methyl sites for hydroxylation is 1. The van der Waals surface area contributed by atoms with Gasteiger partial charge in [0.25, 0.3) is 0 Å². The molecule has 3 nitrogen and oxygen atoms in total. The molecule has 1 N–H and O–H groups in total. The molecule has 0 saturated carbocycles. The number of nitrogens with zero attached hydrogens (tertiary/aromatic N) is 1. The first-order chi connectivity index (χ1) is 9.20. The van der Waals surface area contributed by atoms with Crippen molar-refractivity contribution < 1.29 is 9.84 Å². The van der Waals surface area contributed by atoms with Crippen LogP contribution in [0.3, 0.4) is 0 Å². The van der Waals surface area contributed by atoms with Crippen LogP contribution in [0.2, 0.25) is 0 Å². The molecule has 1 heterocycles. The number of benzene rings is 2. The lowest BCUT2D eigenvalue weighted by Crippen LogP contribution is -1.94. The molecule has 3 rings (SSSR count). The Morgan fingerprint density at radius 1 is 1.21 bits per heavy atom. The smallest absolute Gasteiger partial charge is 0.140 e. The Hall–Kier alpha value is -2.07. The zero-order valence-electron chi connectivity index (χ0n) is 10.5. The molecule has 0 radical (unpaired) electrons. The number of phenols is 1. The second-order valence-electron chi connectivity index (χ2n) is 4.37. The van der Waals surface area contributed by atoms with E-state index in [1.807, 2.05) is 31.2 Å². The van der Waals surface area contributed by atoms with Crippen molar-refractivity contribution in [3.05, 3.63) is 53.0 Å². The van der Waals surface area contributed by atoms with Gasteiger partial charge in [-0.25, -0.2) is 4.98 Å². The Labute approximate surface area is 115 Å². The van der Waals surface area contributed by atoms with Crippen molar-refractivity contribution in [2.75, 3.05) is 0 Å². The van der Waals surface area contributed by atoms with E-state index < -0.39 is 0 Å². The maximum absolute atomic E-state index is 9.51. The Morgan fingerprint density at radius 3 is 2.84 bits per heavy atom. The summed E-state index contributed by atoms with van der Waals surface area (Å²) in [6.45, 7) is 2.34. The Kier molecular flexibility index (Phi) is 3.09. The standard InChI is InChI=1S/C15H13NO2S/c1-10-6-11(17)8-12(7-10)18-9-15-16-13-4-2-3-5-14(13)19-15/h2-8,17H,9H2,1H3. The van der Waals surface area contributed by atoms with Gasteiger partial charge in [0.15, 0.2) is 0 Å². The summed E-state index contributed by atoms with van der Waals surface area (Å²) in [6, 6.07) is 13.2. The highest BCUT2D eigenvalue weighted by atomic mass is 32.1. The number of para-hydroxylation sites is 1. The number of fused-ring (bicyclic) bond motifs is 1. The Balaban J connectivity index is 1.78. The molecular weight excluding hydrogens is 258 g/mol. The van der Waals surface area contributed by atoms with Crippen LogP contribution in [0.25, 0.3) is 10.2 Å². The van der Waals surface area contributed by atoms with Crippen molar-refractivity contribution in [3.8, 4) is 11.5 Å². The summed E-state index contributed by atoms with van der Waals surface area (Å²) in [5.41, 5.74) is 1.97. The van der Waals surface area contributed by atoms with Crippen molar-refractivity contribution in [1.82, 2.24) is 4.98 Å². The summed E-state index contributed by atoms with van der Waals surface area (Å²) >= 11 is 1.63. The SMILES string of the molecule is Cc1cc(O)cc(OCc2nc3ccccc3s2)c1. The largest absolute Gasteiger partial charge is 0.508 e. The fraction of sp³-hybridized carbons (Fsp3) is 0.133. The average Bonchev–Trinajstić information content (AvgIpc) is 2.78. The van der Waals surface area contributed by atoms with Gasteiger partial charge >= 0.3 is 0 Å². The van der Waals surface area contributed by atoms with E-state index in [1.165, 1.54) is 0 Å². The van der Waals surface area contributed by atoms with Crippen LogP contribution < -0.4 is 4.74 Å². The van der Waals surface area contributed by atoms with Crippen molar-refractivity contribution >= 4 is 21.6 Å². The Morgan fingerprint density at radius 2 is 2.05 bits per heavy atom. The zero-order valence-corrected chi connectivity index (χ0v) is 11.3. The summed E-state index contributed by atoms with van der Waals surface area (Å²) in [5.74, 6) is 0.885. The van der Waals surface area contributed by atoms with Crippen LogP contribution in [0.15, 0.2) is 42.5 Å². The lowest BCUT2D eigenvalue weighted by molar-refractivity contribution is 0.304. The van der Waals surface area contributed by atoms with Crippen LogP contribution >= 0.6 is 11.3 Å². The molecule has 0 fully saturated rings. The molecule has 0 aliphatic heterocycles. The highest BCUT2D eigenvalue weighted by molar-refractivity contribution is 7.18. The van der Waals surface area contributed by atoms with Gasteiger partial charge in [-0.05, 0) is 36.8 Å². The fourth-order valence-corrected chi connectivity index (χ4v) is 2.82. The molecule has 2 aromatic carbocycles. The van der Waals surface area contributed by atoms with Crippen LogP contribution in [0.5, 0.6) is 11.5 Å². The summed E-state index contributed by atoms with van der Waals surface area (Å²) in [7, 11) is 0. The molecule has 0 atom stereocenters. The van der Waals surface area contributed by atoms with Gasteiger partial charge in [-0.1, -0.05) is 12.1 Å². The van der Waals surface area contributed by atoms with E-state index in [0.717, 1.165) is 20.8 Å². The van der Waals surface area contributed by atoms with Gasteiger partial charge in [0.05, 0.1) is 10.2 Å². The van der Waals surface area contributed by atoms with Crippen molar-refractivity contribution in [3.63, 3.8) is 0 Å². The molecule has 19 heavy (non-hydrogen) atoms. The third-order valence-electron chi connectivity index (χ3n) is 2.74. The lowest BCUT2D eigenvalue weighted by Gasteiger charge is -2.05. The van der Waals surface area contributed by atoms with Crippen molar-refractivity contribution in [2.24, 2.45) is 0 Å². The highest BCUT2D eigenvalue weighted by Gasteiger charge is 2.04.